The van der Waals surface area contributed by atoms with Crippen LogP contribution in [0.2, 0.25) is 0 Å². The summed E-state index contributed by atoms with van der Waals surface area (Å²) in [7, 11) is 0. The second-order valence-electron chi connectivity index (χ2n) is 2.51. The maximum atomic E-state index is 5.63. The zero-order valence-corrected chi connectivity index (χ0v) is 9.05. The van der Waals surface area contributed by atoms with E-state index in [0.717, 1.165) is 15.9 Å². The van der Waals surface area contributed by atoms with Crippen molar-refractivity contribution < 1.29 is 0 Å². The molecule has 2 rings (SSSR count). The Morgan fingerprint density at radius 3 is 3.00 bits per heavy atom. The van der Waals surface area contributed by atoms with Crippen LogP contribution in [0.15, 0.2) is 23.1 Å². The smallest absolute Gasteiger partial charge is 0.200 e. The molecule has 0 aliphatic carbocycles. The summed E-state index contributed by atoms with van der Waals surface area (Å²) in [5.41, 5.74) is 5.63. The van der Waals surface area contributed by atoms with E-state index in [2.05, 4.69) is 25.3 Å². The van der Waals surface area contributed by atoms with E-state index >= 15 is 0 Å². The molecular weight excluding hydrogens is 252 g/mol. The van der Waals surface area contributed by atoms with Gasteiger partial charge in [-0.2, -0.15) is 4.37 Å². The van der Waals surface area contributed by atoms with Gasteiger partial charge in [-0.1, -0.05) is 0 Å². The van der Waals surface area contributed by atoms with Crippen molar-refractivity contribution in [2.75, 3.05) is 5.73 Å². The predicted octanol–water partition coefficient (Wildman–Crippen LogP) is 1.73. The van der Waals surface area contributed by atoms with E-state index in [1.807, 2.05) is 10.8 Å². The first-order chi connectivity index (χ1) is 6.27. The van der Waals surface area contributed by atoms with E-state index in [1.165, 1.54) is 11.5 Å². The zero-order valence-electron chi connectivity index (χ0n) is 6.64. The van der Waals surface area contributed by atoms with Gasteiger partial charge in [-0.05, 0) is 27.5 Å². The lowest BCUT2D eigenvalue weighted by atomic mass is 10.5. The largest absolute Gasteiger partial charge is 0.369 e. The van der Waals surface area contributed by atoms with Crippen LogP contribution >= 0.6 is 27.5 Å². The SMILES string of the molecule is Nc1nccn1Cc1sncc1Br. The molecule has 0 saturated carbocycles. The van der Waals surface area contributed by atoms with Gasteiger partial charge in [-0.3, -0.25) is 0 Å². The third kappa shape index (κ3) is 1.73. The van der Waals surface area contributed by atoms with Crippen LogP contribution in [-0.2, 0) is 6.54 Å². The molecule has 0 aromatic carbocycles. The maximum Gasteiger partial charge on any atom is 0.200 e. The molecule has 0 atom stereocenters. The van der Waals surface area contributed by atoms with Crippen molar-refractivity contribution in [3.63, 3.8) is 0 Å². The van der Waals surface area contributed by atoms with Gasteiger partial charge in [-0.25, -0.2) is 4.98 Å². The van der Waals surface area contributed by atoms with Crippen LogP contribution in [0.25, 0.3) is 0 Å². The molecule has 0 aliphatic heterocycles. The number of nitrogens with two attached hydrogens (primary N) is 1. The number of imidazole rings is 1. The minimum Gasteiger partial charge on any atom is -0.369 e. The van der Waals surface area contributed by atoms with Gasteiger partial charge in [0.1, 0.15) is 0 Å². The van der Waals surface area contributed by atoms with Crippen LogP contribution in [0.3, 0.4) is 0 Å². The monoisotopic (exact) mass is 258 g/mol. The number of halogens is 1. The molecular formula is C7H7BrN4S. The number of nitrogens with zero attached hydrogens (tertiary/aromatic N) is 3. The lowest BCUT2D eigenvalue weighted by Gasteiger charge is -2.01. The van der Waals surface area contributed by atoms with Gasteiger partial charge in [0.05, 0.1) is 22.1 Å². The number of aromatic nitrogens is 3. The molecule has 2 aromatic rings. The first-order valence-electron chi connectivity index (χ1n) is 3.63. The average Bonchev–Trinajstić information content (AvgIpc) is 2.65. The Kier molecular flexibility index (Phi) is 2.32. The van der Waals surface area contributed by atoms with Gasteiger partial charge in [0.2, 0.25) is 0 Å². The van der Waals surface area contributed by atoms with Crippen LogP contribution in [-0.4, -0.2) is 13.9 Å². The van der Waals surface area contributed by atoms with E-state index in [0.29, 0.717) is 5.95 Å². The standard InChI is InChI=1S/C7H7BrN4S/c8-5-3-11-13-6(5)4-12-2-1-10-7(12)9/h1-3H,4H2,(H2,9,10). The fraction of sp³-hybridized carbons (Fsp3) is 0.143. The molecule has 2 aromatic heterocycles. The number of hydrogen-bond acceptors (Lipinski definition) is 4. The minimum absolute atomic E-state index is 0.528. The molecule has 68 valence electrons. The van der Waals surface area contributed by atoms with Crippen LogP contribution in [0.1, 0.15) is 4.88 Å². The highest BCUT2D eigenvalue weighted by molar-refractivity contribution is 9.10. The van der Waals surface area contributed by atoms with Crippen LogP contribution in [0.4, 0.5) is 5.95 Å². The molecule has 0 spiro atoms. The van der Waals surface area contributed by atoms with Crippen molar-refractivity contribution in [2.24, 2.45) is 0 Å². The topological polar surface area (TPSA) is 56.7 Å². The van der Waals surface area contributed by atoms with Crippen molar-refractivity contribution in [1.29, 1.82) is 0 Å². The maximum absolute atomic E-state index is 5.63. The highest BCUT2D eigenvalue weighted by atomic mass is 79.9. The van der Waals surface area contributed by atoms with Gasteiger partial charge in [0.25, 0.3) is 0 Å². The Balaban J connectivity index is 2.24. The van der Waals surface area contributed by atoms with E-state index in [4.69, 9.17) is 5.73 Å². The van der Waals surface area contributed by atoms with E-state index in [-0.39, 0.29) is 0 Å². The molecule has 0 bridgehead atoms. The third-order valence-corrected chi connectivity index (χ3v) is 3.38. The first-order valence-corrected chi connectivity index (χ1v) is 5.19. The highest BCUT2D eigenvalue weighted by Crippen LogP contribution is 2.21. The molecule has 0 aliphatic rings. The average molecular weight is 259 g/mol. The van der Waals surface area contributed by atoms with Gasteiger partial charge < -0.3 is 10.3 Å². The number of anilines is 1. The Labute approximate surface area is 87.7 Å². The fourth-order valence-corrected chi connectivity index (χ4v) is 2.19. The summed E-state index contributed by atoms with van der Waals surface area (Å²) in [5.74, 6) is 0.528. The van der Waals surface area contributed by atoms with Crippen molar-refractivity contribution in [3.8, 4) is 0 Å². The Morgan fingerprint density at radius 1 is 1.62 bits per heavy atom. The fourth-order valence-electron chi connectivity index (χ4n) is 0.985. The Hall–Kier alpha value is -0.880. The van der Waals surface area contributed by atoms with E-state index < -0.39 is 0 Å². The summed E-state index contributed by atoms with van der Waals surface area (Å²) in [4.78, 5) is 5.08. The lowest BCUT2D eigenvalue weighted by molar-refractivity contribution is 0.821. The number of nitrogen functional groups attached to an aromatic ring is 1. The van der Waals surface area contributed by atoms with Crippen molar-refractivity contribution in [2.45, 2.75) is 6.54 Å². The third-order valence-electron chi connectivity index (χ3n) is 1.66. The summed E-state index contributed by atoms with van der Waals surface area (Å²) >= 11 is 4.87. The summed E-state index contributed by atoms with van der Waals surface area (Å²) in [6.45, 7) is 0.719. The van der Waals surface area contributed by atoms with E-state index in [1.54, 1.807) is 12.4 Å². The van der Waals surface area contributed by atoms with Crippen LogP contribution in [0.5, 0.6) is 0 Å². The van der Waals surface area contributed by atoms with Crippen molar-refractivity contribution in [1.82, 2.24) is 13.9 Å². The molecule has 6 heteroatoms. The molecule has 0 amide bonds. The minimum atomic E-state index is 0.528. The molecule has 0 fully saturated rings. The molecule has 2 heterocycles. The molecule has 2 N–H and O–H groups in total. The summed E-state index contributed by atoms with van der Waals surface area (Å²) in [6.07, 6.45) is 5.32. The van der Waals surface area contributed by atoms with Crippen LogP contribution in [0, 0.1) is 0 Å². The predicted molar refractivity (Wildman–Crippen MR) is 55.6 cm³/mol. The van der Waals surface area contributed by atoms with Gasteiger partial charge in [0, 0.05) is 12.4 Å². The Bertz CT molecular complexity index is 370. The summed E-state index contributed by atoms with van der Waals surface area (Å²) in [6, 6.07) is 0. The van der Waals surface area contributed by atoms with Crippen molar-refractivity contribution in [3.05, 3.63) is 27.9 Å². The van der Waals surface area contributed by atoms with Gasteiger partial charge >= 0.3 is 0 Å². The molecule has 13 heavy (non-hydrogen) atoms. The van der Waals surface area contributed by atoms with Crippen LogP contribution < -0.4 is 5.73 Å². The molecule has 0 unspecified atom stereocenters. The normalized spacial score (nSPS) is 10.5. The molecule has 0 saturated heterocycles. The second kappa shape index (κ2) is 3.47. The summed E-state index contributed by atoms with van der Waals surface area (Å²) in [5, 5.41) is 0. The molecule has 4 nitrogen and oxygen atoms in total. The first kappa shape index (κ1) is 8.71. The second-order valence-corrected chi connectivity index (χ2v) is 4.25. The highest BCUT2D eigenvalue weighted by Gasteiger charge is 2.05. The van der Waals surface area contributed by atoms with Crippen molar-refractivity contribution >= 4 is 33.4 Å². The number of rotatable bonds is 2. The molecule has 0 radical (unpaired) electrons. The number of hydrogen-bond donors (Lipinski definition) is 1. The Morgan fingerprint density at radius 2 is 2.46 bits per heavy atom. The zero-order chi connectivity index (χ0) is 9.26. The van der Waals surface area contributed by atoms with E-state index in [9.17, 15) is 0 Å². The summed E-state index contributed by atoms with van der Waals surface area (Å²) < 4.78 is 6.94. The lowest BCUT2D eigenvalue weighted by Crippen LogP contribution is -2.02. The van der Waals surface area contributed by atoms with Gasteiger partial charge in [-0.15, -0.1) is 0 Å². The quantitative estimate of drug-likeness (QED) is 0.893. The van der Waals surface area contributed by atoms with Gasteiger partial charge in [0.15, 0.2) is 5.95 Å².